The molecule has 1 fully saturated rings. The standard InChI is InChI=1S/C18H26N2O2/c1-3-4-16(19)12-17-13-22-10-9-20(17)18(21)11-15-7-5-14(2)6-8-15/h5-8,17,19H,3-4,9-13H2,1-2H3. The lowest BCUT2D eigenvalue weighted by Crippen LogP contribution is -2.50. The molecular formula is C18H26N2O2. The lowest BCUT2D eigenvalue weighted by Gasteiger charge is -2.36. The number of hydrogen-bond acceptors (Lipinski definition) is 3. The van der Waals surface area contributed by atoms with Gasteiger partial charge in [0.05, 0.1) is 25.7 Å². The van der Waals surface area contributed by atoms with Crippen molar-refractivity contribution >= 4 is 11.6 Å². The number of benzene rings is 1. The van der Waals surface area contributed by atoms with Crippen molar-refractivity contribution in [2.24, 2.45) is 0 Å². The van der Waals surface area contributed by atoms with E-state index in [1.165, 1.54) is 5.56 Å². The molecule has 1 atom stereocenters. The van der Waals surface area contributed by atoms with Crippen LogP contribution in [0.3, 0.4) is 0 Å². The lowest BCUT2D eigenvalue weighted by molar-refractivity contribution is -0.138. The van der Waals surface area contributed by atoms with E-state index < -0.39 is 0 Å². The van der Waals surface area contributed by atoms with Crippen LogP contribution in [0.25, 0.3) is 0 Å². The Bertz CT molecular complexity index is 510. The van der Waals surface area contributed by atoms with Gasteiger partial charge in [0.15, 0.2) is 0 Å². The van der Waals surface area contributed by atoms with Crippen molar-refractivity contribution < 1.29 is 9.53 Å². The Hall–Kier alpha value is -1.68. The first kappa shape index (κ1) is 16.7. The van der Waals surface area contributed by atoms with Gasteiger partial charge in [-0.3, -0.25) is 4.79 Å². The topological polar surface area (TPSA) is 53.4 Å². The first-order valence-electron chi connectivity index (χ1n) is 8.09. The number of hydrogen-bond donors (Lipinski definition) is 1. The van der Waals surface area contributed by atoms with E-state index in [-0.39, 0.29) is 11.9 Å². The fourth-order valence-electron chi connectivity index (χ4n) is 2.82. The van der Waals surface area contributed by atoms with Crippen molar-refractivity contribution in [2.45, 2.75) is 45.6 Å². The molecule has 4 nitrogen and oxygen atoms in total. The predicted molar refractivity (Wildman–Crippen MR) is 88.5 cm³/mol. The lowest BCUT2D eigenvalue weighted by atomic mass is 10.0. The van der Waals surface area contributed by atoms with Crippen molar-refractivity contribution in [3.8, 4) is 0 Å². The number of nitrogens with zero attached hydrogens (tertiary/aromatic N) is 1. The molecule has 1 aliphatic heterocycles. The zero-order valence-corrected chi connectivity index (χ0v) is 13.6. The van der Waals surface area contributed by atoms with E-state index >= 15 is 0 Å². The van der Waals surface area contributed by atoms with E-state index in [0.717, 1.165) is 18.4 Å². The Kier molecular flexibility index (Phi) is 6.13. The molecule has 120 valence electrons. The number of rotatable bonds is 6. The molecule has 4 heteroatoms. The van der Waals surface area contributed by atoms with E-state index in [1.54, 1.807) is 0 Å². The van der Waals surface area contributed by atoms with Gasteiger partial charge in [-0.15, -0.1) is 0 Å². The maximum atomic E-state index is 12.6. The molecule has 0 saturated carbocycles. The highest BCUT2D eigenvalue weighted by Gasteiger charge is 2.27. The number of carbonyl (C=O) groups excluding carboxylic acids is 1. The highest BCUT2D eigenvalue weighted by molar-refractivity contribution is 5.84. The first-order valence-corrected chi connectivity index (χ1v) is 8.09. The molecular weight excluding hydrogens is 276 g/mol. The van der Waals surface area contributed by atoms with Gasteiger partial charge >= 0.3 is 0 Å². The minimum absolute atomic E-state index is 0.0192. The van der Waals surface area contributed by atoms with Crippen LogP contribution in [0, 0.1) is 12.3 Å². The number of amides is 1. The Morgan fingerprint density at radius 2 is 2.09 bits per heavy atom. The van der Waals surface area contributed by atoms with Crippen LogP contribution >= 0.6 is 0 Å². The van der Waals surface area contributed by atoms with Gasteiger partial charge in [0.2, 0.25) is 5.91 Å². The summed E-state index contributed by atoms with van der Waals surface area (Å²) < 4.78 is 5.52. The number of morpholine rings is 1. The minimum atomic E-state index is 0.0192. The third-order valence-corrected chi connectivity index (χ3v) is 4.06. The van der Waals surface area contributed by atoms with E-state index in [9.17, 15) is 4.79 Å². The summed E-state index contributed by atoms with van der Waals surface area (Å²) in [5.74, 6) is 0.140. The van der Waals surface area contributed by atoms with Crippen LogP contribution in [0.5, 0.6) is 0 Å². The summed E-state index contributed by atoms with van der Waals surface area (Å²) in [5, 5.41) is 8.01. The van der Waals surface area contributed by atoms with E-state index in [1.807, 2.05) is 36.1 Å². The second-order valence-corrected chi connectivity index (χ2v) is 6.04. The summed E-state index contributed by atoms with van der Waals surface area (Å²) in [6.07, 6.45) is 2.84. The number of nitrogens with one attached hydrogen (secondary N) is 1. The van der Waals surface area contributed by atoms with Gasteiger partial charge in [0.1, 0.15) is 0 Å². The molecule has 1 N–H and O–H groups in total. The second kappa shape index (κ2) is 8.08. The van der Waals surface area contributed by atoms with Crippen LogP contribution < -0.4 is 0 Å². The summed E-state index contributed by atoms with van der Waals surface area (Å²) in [4.78, 5) is 14.5. The van der Waals surface area contributed by atoms with E-state index in [4.69, 9.17) is 10.1 Å². The highest BCUT2D eigenvalue weighted by atomic mass is 16.5. The van der Waals surface area contributed by atoms with Crippen molar-refractivity contribution in [2.75, 3.05) is 19.8 Å². The van der Waals surface area contributed by atoms with Crippen LogP contribution in [0.1, 0.15) is 37.3 Å². The van der Waals surface area contributed by atoms with Crippen LogP contribution in [0.15, 0.2) is 24.3 Å². The largest absolute Gasteiger partial charge is 0.377 e. The molecule has 22 heavy (non-hydrogen) atoms. The van der Waals surface area contributed by atoms with E-state index in [0.29, 0.717) is 38.3 Å². The van der Waals surface area contributed by atoms with Crippen LogP contribution in [-0.2, 0) is 16.0 Å². The Labute approximate surface area is 133 Å². The Morgan fingerprint density at radius 1 is 1.36 bits per heavy atom. The van der Waals surface area contributed by atoms with Gasteiger partial charge in [-0.25, -0.2) is 0 Å². The van der Waals surface area contributed by atoms with Crippen LogP contribution in [0.4, 0.5) is 0 Å². The summed E-state index contributed by atoms with van der Waals surface area (Å²) in [5.41, 5.74) is 2.96. The van der Waals surface area contributed by atoms with E-state index in [2.05, 4.69) is 6.92 Å². The van der Waals surface area contributed by atoms with Crippen LogP contribution in [0.2, 0.25) is 0 Å². The Balaban J connectivity index is 1.98. The SMILES string of the molecule is CCCC(=N)CC1COCCN1C(=O)Cc1ccc(C)cc1. The summed E-state index contributed by atoms with van der Waals surface area (Å²) in [7, 11) is 0. The summed E-state index contributed by atoms with van der Waals surface area (Å²) >= 11 is 0. The molecule has 1 aromatic carbocycles. The Morgan fingerprint density at radius 3 is 2.77 bits per heavy atom. The number of aryl methyl sites for hydroxylation is 1. The molecule has 0 spiro atoms. The molecule has 1 aromatic rings. The van der Waals surface area contributed by atoms with Gasteiger partial charge in [-0.2, -0.15) is 0 Å². The quantitative estimate of drug-likeness (QED) is 0.821. The summed E-state index contributed by atoms with van der Waals surface area (Å²) in [6.45, 7) is 5.90. The minimum Gasteiger partial charge on any atom is -0.377 e. The molecule has 1 amide bonds. The van der Waals surface area contributed by atoms with Crippen molar-refractivity contribution in [3.05, 3.63) is 35.4 Å². The maximum absolute atomic E-state index is 12.6. The van der Waals surface area contributed by atoms with Gasteiger partial charge in [0.25, 0.3) is 0 Å². The van der Waals surface area contributed by atoms with Gasteiger partial charge in [-0.1, -0.05) is 43.2 Å². The first-order chi connectivity index (χ1) is 10.6. The third-order valence-electron chi connectivity index (χ3n) is 4.06. The fraction of sp³-hybridized carbons (Fsp3) is 0.556. The van der Waals surface area contributed by atoms with Crippen molar-refractivity contribution in [1.29, 1.82) is 5.41 Å². The van der Waals surface area contributed by atoms with Crippen molar-refractivity contribution in [1.82, 2.24) is 4.90 Å². The molecule has 1 heterocycles. The normalized spacial score (nSPS) is 18.3. The van der Waals surface area contributed by atoms with Gasteiger partial charge in [-0.05, 0) is 18.9 Å². The number of ether oxygens (including phenoxy) is 1. The average Bonchev–Trinajstić information content (AvgIpc) is 2.50. The van der Waals surface area contributed by atoms with Crippen molar-refractivity contribution in [3.63, 3.8) is 0 Å². The van der Waals surface area contributed by atoms with Gasteiger partial charge in [0, 0.05) is 18.7 Å². The predicted octanol–water partition coefficient (Wildman–Crippen LogP) is 2.97. The van der Waals surface area contributed by atoms with Crippen LogP contribution in [-0.4, -0.2) is 42.3 Å². The van der Waals surface area contributed by atoms with Gasteiger partial charge < -0.3 is 15.0 Å². The smallest absolute Gasteiger partial charge is 0.227 e. The zero-order valence-electron chi connectivity index (χ0n) is 13.6. The summed E-state index contributed by atoms with van der Waals surface area (Å²) in [6, 6.07) is 8.13. The molecule has 0 aromatic heterocycles. The highest BCUT2D eigenvalue weighted by Crippen LogP contribution is 2.15. The number of carbonyl (C=O) groups is 1. The molecule has 0 bridgehead atoms. The fourth-order valence-corrected chi connectivity index (χ4v) is 2.82. The molecule has 2 rings (SSSR count). The third kappa shape index (κ3) is 4.67. The zero-order chi connectivity index (χ0) is 15.9. The second-order valence-electron chi connectivity index (χ2n) is 6.04. The monoisotopic (exact) mass is 302 g/mol. The average molecular weight is 302 g/mol. The molecule has 0 radical (unpaired) electrons. The molecule has 0 aliphatic carbocycles. The molecule has 1 aliphatic rings. The maximum Gasteiger partial charge on any atom is 0.227 e. The molecule has 1 unspecified atom stereocenters. The molecule has 1 saturated heterocycles.